The Morgan fingerprint density at radius 1 is 1.25 bits per heavy atom. The maximum Gasteiger partial charge on any atom is 0.133 e. The molecule has 1 N–H and O–H groups in total. The van der Waals surface area contributed by atoms with Gasteiger partial charge in [-0.15, -0.1) is 0 Å². The van der Waals surface area contributed by atoms with E-state index in [9.17, 15) is 0 Å². The predicted octanol–water partition coefficient (Wildman–Crippen LogP) is 3.73. The summed E-state index contributed by atoms with van der Waals surface area (Å²) in [6.45, 7) is 2.46. The van der Waals surface area contributed by atoms with Gasteiger partial charge in [0.15, 0.2) is 0 Å². The third kappa shape index (κ3) is 4.81. The summed E-state index contributed by atoms with van der Waals surface area (Å²) in [5, 5.41) is 7.67. The number of halogens is 1. The summed E-state index contributed by atoms with van der Waals surface area (Å²) in [6, 6.07) is 7.87. The number of thiophene rings is 1. The van der Waals surface area contributed by atoms with E-state index in [1.165, 1.54) is 5.56 Å². The summed E-state index contributed by atoms with van der Waals surface area (Å²) in [5.74, 6) is 1.66. The fraction of sp³-hybridized carbons (Fsp3) is 0.333. The van der Waals surface area contributed by atoms with Crippen LogP contribution in [0.15, 0.2) is 39.5 Å². The molecule has 2 rings (SSSR count). The molecule has 108 valence electrons. The zero-order valence-electron chi connectivity index (χ0n) is 11.4. The molecule has 5 heteroatoms. The summed E-state index contributed by atoms with van der Waals surface area (Å²) in [6.07, 6.45) is 1.07. The van der Waals surface area contributed by atoms with Crippen LogP contribution in [-0.2, 0) is 6.42 Å². The molecule has 0 aliphatic rings. The third-order valence-corrected chi connectivity index (χ3v) is 4.20. The van der Waals surface area contributed by atoms with Crippen molar-refractivity contribution in [2.45, 2.75) is 6.42 Å². The van der Waals surface area contributed by atoms with Gasteiger partial charge in [0.1, 0.15) is 18.1 Å². The van der Waals surface area contributed by atoms with Crippen molar-refractivity contribution in [2.75, 3.05) is 26.8 Å². The molecule has 0 atom stereocenters. The molecule has 0 saturated heterocycles. The molecule has 0 spiro atoms. The quantitative estimate of drug-likeness (QED) is 0.731. The molecule has 1 aromatic heterocycles. The Labute approximate surface area is 132 Å². The van der Waals surface area contributed by atoms with Crippen molar-refractivity contribution in [3.8, 4) is 11.5 Å². The Morgan fingerprint density at radius 2 is 2.15 bits per heavy atom. The van der Waals surface area contributed by atoms with Crippen molar-refractivity contribution < 1.29 is 9.47 Å². The minimum atomic E-state index is 0.647. The zero-order chi connectivity index (χ0) is 14.2. The van der Waals surface area contributed by atoms with Crippen LogP contribution in [-0.4, -0.2) is 26.8 Å². The molecular weight excluding hydrogens is 338 g/mol. The predicted molar refractivity (Wildman–Crippen MR) is 87.1 cm³/mol. The zero-order valence-corrected chi connectivity index (χ0v) is 13.8. The standard InChI is InChI=1S/C15H18BrNO2S/c1-18-13-2-3-15(14(16)10-13)19-8-7-17-6-4-12-5-9-20-11-12/h2-3,5,9-11,17H,4,6-8H2,1H3. The van der Waals surface area contributed by atoms with Gasteiger partial charge in [0.05, 0.1) is 11.6 Å². The highest BCUT2D eigenvalue weighted by Crippen LogP contribution is 2.28. The molecule has 0 radical (unpaired) electrons. The highest BCUT2D eigenvalue weighted by atomic mass is 79.9. The molecule has 1 aromatic carbocycles. The second-order valence-corrected chi connectivity index (χ2v) is 5.91. The first kappa shape index (κ1) is 15.4. The van der Waals surface area contributed by atoms with Crippen LogP contribution in [0.25, 0.3) is 0 Å². The Hall–Kier alpha value is -1.04. The SMILES string of the molecule is COc1ccc(OCCNCCc2ccsc2)c(Br)c1. The van der Waals surface area contributed by atoms with Crippen LogP contribution in [0.5, 0.6) is 11.5 Å². The number of methoxy groups -OCH3 is 1. The molecule has 0 fully saturated rings. The van der Waals surface area contributed by atoms with E-state index in [0.717, 1.165) is 35.5 Å². The van der Waals surface area contributed by atoms with Gasteiger partial charge in [-0.25, -0.2) is 0 Å². The van der Waals surface area contributed by atoms with Crippen molar-refractivity contribution in [3.63, 3.8) is 0 Å². The first-order chi connectivity index (χ1) is 9.79. The van der Waals surface area contributed by atoms with Gasteiger partial charge in [0.2, 0.25) is 0 Å². The molecule has 0 saturated carbocycles. The average Bonchev–Trinajstić information content (AvgIpc) is 2.97. The number of hydrogen-bond donors (Lipinski definition) is 1. The number of rotatable bonds is 8. The summed E-state index contributed by atoms with van der Waals surface area (Å²) < 4.78 is 11.8. The monoisotopic (exact) mass is 355 g/mol. The fourth-order valence-electron chi connectivity index (χ4n) is 1.75. The molecule has 1 heterocycles. The van der Waals surface area contributed by atoms with Crippen molar-refractivity contribution in [3.05, 3.63) is 45.1 Å². The van der Waals surface area contributed by atoms with E-state index >= 15 is 0 Å². The van der Waals surface area contributed by atoms with E-state index in [1.807, 2.05) is 18.2 Å². The van der Waals surface area contributed by atoms with Gasteiger partial charge >= 0.3 is 0 Å². The third-order valence-electron chi connectivity index (χ3n) is 2.85. The van der Waals surface area contributed by atoms with Crippen molar-refractivity contribution in [1.29, 1.82) is 0 Å². The fourth-order valence-corrected chi connectivity index (χ4v) is 2.93. The van der Waals surface area contributed by atoms with Gasteiger partial charge in [0.25, 0.3) is 0 Å². The van der Waals surface area contributed by atoms with Gasteiger partial charge in [-0.1, -0.05) is 0 Å². The van der Waals surface area contributed by atoms with Crippen LogP contribution in [0.3, 0.4) is 0 Å². The highest BCUT2D eigenvalue weighted by molar-refractivity contribution is 9.10. The van der Waals surface area contributed by atoms with Crippen LogP contribution in [0.4, 0.5) is 0 Å². The van der Waals surface area contributed by atoms with E-state index < -0.39 is 0 Å². The summed E-state index contributed by atoms with van der Waals surface area (Å²) >= 11 is 5.21. The molecule has 0 unspecified atom stereocenters. The molecular formula is C15H18BrNO2S. The van der Waals surface area contributed by atoms with Crippen LogP contribution in [0.1, 0.15) is 5.56 Å². The number of benzene rings is 1. The van der Waals surface area contributed by atoms with E-state index in [2.05, 4.69) is 38.1 Å². The van der Waals surface area contributed by atoms with E-state index in [0.29, 0.717) is 6.61 Å². The van der Waals surface area contributed by atoms with Crippen LogP contribution in [0, 0.1) is 0 Å². The first-order valence-electron chi connectivity index (χ1n) is 6.47. The Morgan fingerprint density at radius 3 is 2.85 bits per heavy atom. The highest BCUT2D eigenvalue weighted by Gasteiger charge is 2.02. The van der Waals surface area contributed by atoms with Crippen LogP contribution >= 0.6 is 27.3 Å². The smallest absolute Gasteiger partial charge is 0.133 e. The average molecular weight is 356 g/mol. The molecule has 0 aliphatic carbocycles. The lowest BCUT2D eigenvalue weighted by Gasteiger charge is -2.10. The number of ether oxygens (including phenoxy) is 2. The Balaban J connectivity index is 1.63. The molecule has 0 bridgehead atoms. The number of nitrogens with one attached hydrogen (secondary N) is 1. The lowest BCUT2D eigenvalue weighted by atomic mass is 10.2. The van der Waals surface area contributed by atoms with Gasteiger partial charge in [-0.2, -0.15) is 11.3 Å². The lowest BCUT2D eigenvalue weighted by molar-refractivity contribution is 0.312. The summed E-state index contributed by atoms with van der Waals surface area (Å²) in [5.41, 5.74) is 1.39. The van der Waals surface area contributed by atoms with E-state index in [-0.39, 0.29) is 0 Å². The summed E-state index contributed by atoms with van der Waals surface area (Å²) in [7, 11) is 1.65. The normalized spacial score (nSPS) is 10.5. The Bertz CT molecular complexity index is 517. The van der Waals surface area contributed by atoms with Crippen LogP contribution in [0.2, 0.25) is 0 Å². The molecule has 20 heavy (non-hydrogen) atoms. The second-order valence-electron chi connectivity index (χ2n) is 4.28. The van der Waals surface area contributed by atoms with E-state index in [4.69, 9.17) is 9.47 Å². The van der Waals surface area contributed by atoms with Gasteiger partial charge in [-0.3, -0.25) is 0 Å². The summed E-state index contributed by atoms with van der Waals surface area (Å²) in [4.78, 5) is 0. The van der Waals surface area contributed by atoms with Crippen molar-refractivity contribution in [1.82, 2.24) is 5.32 Å². The van der Waals surface area contributed by atoms with Gasteiger partial charge in [-0.05, 0) is 69.5 Å². The maximum atomic E-state index is 5.71. The van der Waals surface area contributed by atoms with Gasteiger partial charge < -0.3 is 14.8 Å². The molecule has 3 nitrogen and oxygen atoms in total. The molecule has 0 aliphatic heterocycles. The van der Waals surface area contributed by atoms with Crippen LogP contribution < -0.4 is 14.8 Å². The van der Waals surface area contributed by atoms with Gasteiger partial charge in [0, 0.05) is 6.54 Å². The lowest BCUT2D eigenvalue weighted by Crippen LogP contribution is -2.23. The van der Waals surface area contributed by atoms with E-state index in [1.54, 1.807) is 18.4 Å². The number of hydrogen-bond acceptors (Lipinski definition) is 4. The van der Waals surface area contributed by atoms with Crippen molar-refractivity contribution in [2.24, 2.45) is 0 Å². The minimum Gasteiger partial charge on any atom is -0.497 e. The van der Waals surface area contributed by atoms with Crippen molar-refractivity contribution >= 4 is 27.3 Å². The minimum absolute atomic E-state index is 0.647. The largest absolute Gasteiger partial charge is 0.497 e. The molecule has 2 aromatic rings. The Kier molecular flexibility index (Phi) is 6.36. The molecule has 0 amide bonds. The maximum absolute atomic E-state index is 5.71. The second kappa shape index (κ2) is 8.29. The first-order valence-corrected chi connectivity index (χ1v) is 8.21. The topological polar surface area (TPSA) is 30.5 Å².